The first-order valence-corrected chi connectivity index (χ1v) is 5.23. The van der Waals surface area contributed by atoms with Gasteiger partial charge < -0.3 is 0 Å². The minimum absolute atomic E-state index is 0.0391. The fraction of sp³-hybridized carbons (Fsp3) is 0.333. The summed E-state index contributed by atoms with van der Waals surface area (Å²) in [6.07, 6.45) is 1.60. The molecule has 0 saturated carbocycles. The highest BCUT2D eigenvalue weighted by atomic mass is 16.2. The van der Waals surface area contributed by atoms with E-state index < -0.39 is 0 Å². The lowest BCUT2D eigenvalue weighted by Crippen LogP contribution is -2.34. The van der Waals surface area contributed by atoms with Crippen LogP contribution in [0.3, 0.4) is 0 Å². The van der Waals surface area contributed by atoms with Gasteiger partial charge in [-0.05, 0) is 12.0 Å². The lowest BCUT2D eigenvalue weighted by atomic mass is 9.94. The molecule has 0 aromatic heterocycles. The molecule has 1 aromatic carbocycles. The molecule has 0 saturated heterocycles. The van der Waals surface area contributed by atoms with Gasteiger partial charge in [-0.25, -0.2) is 5.43 Å². The molecule has 1 aromatic rings. The van der Waals surface area contributed by atoms with Crippen molar-refractivity contribution in [1.82, 2.24) is 5.43 Å². The van der Waals surface area contributed by atoms with Gasteiger partial charge in [0.05, 0.1) is 5.71 Å². The molecule has 0 aliphatic carbocycles. The summed E-state index contributed by atoms with van der Waals surface area (Å²) in [5.74, 6) is 0.106. The molecule has 2 rings (SSSR count). The number of carbonyl (C=O) groups is 1. The first kappa shape index (κ1) is 9.90. The Kier molecular flexibility index (Phi) is 2.81. The fourth-order valence-corrected chi connectivity index (χ4v) is 1.73. The zero-order valence-corrected chi connectivity index (χ0v) is 8.73. The molecule has 0 spiro atoms. The Morgan fingerprint density at radius 3 is 2.80 bits per heavy atom. The molecular weight excluding hydrogens is 188 g/mol. The first-order valence-electron chi connectivity index (χ1n) is 5.23. The third kappa shape index (κ3) is 2.06. The highest BCUT2D eigenvalue weighted by molar-refractivity contribution is 6.04. The van der Waals surface area contributed by atoms with Gasteiger partial charge in [0.2, 0.25) is 5.91 Å². The average Bonchev–Trinajstić information content (AvgIpc) is 2.31. The molecule has 1 amide bonds. The van der Waals surface area contributed by atoms with Crippen molar-refractivity contribution < 1.29 is 4.79 Å². The van der Waals surface area contributed by atoms with E-state index in [0.717, 1.165) is 24.1 Å². The highest BCUT2D eigenvalue weighted by Crippen LogP contribution is 2.17. The first-order chi connectivity index (χ1) is 7.31. The van der Waals surface area contributed by atoms with Crippen molar-refractivity contribution in [2.24, 2.45) is 11.0 Å². The van der Waals surface area contributed by atoms with Crippen LogP contribution in [0.25, 0.3) is 0 Å². The van der Waals surface area contributed by atoms with Crippen LogP contribution in [-0.4, -0.2) is 11.6 Å². The predicted molar refractivity (Wildman–Crippen MR) is 59.5 cm³/mol. The number of hydrazone groups is 1. The maximum Gasteiger partial charge on any atom is 0.243 e. The van der Waals surface area contributed by atoms with Crippen LogP contribution in [0.15, 0.2) is 35.4 Å². The van der Waals surface area contributed by atoms with Gasteiger partial charge in [-0.2, -0.15) is 5.10 Å². The maximum atomic E-state index is 11.4. The van der Waals surface area contributed by atoms with Crippen LogP contribution in [0.4, 0.5) is 0 Å². The Bertz CT molecular complexity index is 384. The molecule has 3 heteroatoms. The van der Waals surface area contributed by atoms with Gasteiger partial charge in [0, 0.05) is 12.3 Å². The van der Waals surface area contributed by atoms with Gasteiger partial charge in [0.1, 0.15) is 0 Å². The lowest BCUT2D eigenvalue weighted by Gasteiger charge is -2.19. The Labute approximate surface area is 89.2 Å². The van der Waals surface area contributed by atoms with Crippen LogP contribution in [0, 0.1) is 5.92 Å². The second-order valence-electron chi connectivity index (χ2n) is 3.71. The van der Waals surface area contributed by atoms with E-state index >= 15 is 0 Å². The number of amides is 1. The van der Waals surface area contributed by atoms with Gasteiger partial charge in [-0.1, -0.05) is 37.3 Å². The number of nitrogens with zero attached hydrogens (tertiary/aromatic N) is 1. The van der Waals surface area contributed by atoms with Crippen molar-refractivity contribution in [2.75, 3.05) is 0 Å². The Morgan fingerprint density at radius 2 is 2.13 bits per heavy atom. The van der Waals surface area contributed by atoms with E-state index in [1.54, 1.807) is 0 Å². The summed E-state index contributed by atoms with van der Waals surface area (Å²) in [7, 11) is 0. The normalized spacial score (nSPS) is 20.7. The number of nitrogens with one attached hydrogen (secondary N) is 1. The van der Waals surface area contributed by atoms with Crippen LogP contribution in [-0.2, 0) is 4.79 Å². The van der Waals surface area contributed by atoms with Crippen molar-refractivity contribution >= 4 is 11.6 Å². The molecule has 1 heterocycles. The van der Waals surface area contributed by atoms with Gasteiger partial charge >= 0.3 is 0 Å². The topological polar surface area (TPSA) is 41.5 Å². The molecule has 1 aliphatic rings. The zero-order valence-electron chi connectivity index (χ0n) is 8.73. The third-order valence-electron chi connectivity index (χ3n) is 2.71. The summed E-state index contributed by atoms with van der Waals surface area (Å²) in [6.45, 7) is 2.03. The molecule has 78 valence electrons. The summed E-state index contributed by atoms with van der Waals surface area (Å²) in [6, 6.07) is 9.97. The molecule has 0 fully saturated rings. The molecular formula is C12H14N2O. The molecule has 3 nitrogen and oxygen atoms in total. The van der Waals surface area contributed by atoms with E-state index in [1.165, 1.54) is 0 Å². The summed E-state index contributed by atoms with van der Waals surface area (Å²) in [4.78, 5) is 11.4. The molecule has 15 heavy (non-hydrogen) atoms. The number of benzene rings is 1. The Balaban J connectivity index is 2.22. The average molecular weight is 202 g/mol. The molecule has 0 radical (unpaired) electrons. The second-order valence-corrected chi connectivity index (χ2v) is 3.71. The SMILES string of the molecule is CC[C@H]1CC(c2ccccc2)=NNC1=O. The van der Waals surface area contributed by atoms with Gasteiger partial charge in [-0.3, -0.25) is 4.79 Å². The minimum Gasteiger partial charge on any atom is -0.273 e. The van der Waals surface area contributed by atoms with Crippen molar-refractivity contribution in [3.63, 3.8) is 0 Å². The molecule has 1 N–H and O–H groups in total. The number of carbonyl (C=O) groups excluding carboxylic acids is 1. The van der Waals surface area contributed by atoms with E-state index in [9.17, 15) is 4.79 Å². The van der Waals surface area contributed by atoms with Crippen molar-refractivity contribution in [3.8, 4) is 0 Å². The minimum atomic E-state index is 0.0391. The molecule has 0 bridgehead atoms. The van der Waals surface area contributed by atoms with E-state index in [-0.39, 0.29) is 11.8 Å². The van der Waals surface area contributed by atoms with Gasteiger partial charge in [0.15, 0.2) is 0 Å². The van der Waals surface area contributed by atoms with E-state index in [1.807, 2.05) is 37.3 Å². The highest BCUT2D eigenvalue weighted by Gasteiger charge is 2.23. The van der Waals surface area contributed by atoms with Gasteiger partial charge in [0.25, 0.3) is 0 Å². The zero-order chi connectivity index (χ0) is 10.7. The predicted octanol–water partition coefficient (Wildman–Crippen LogP) is 1.94. The molecule has 1 atom stereocenters. The quantitative estimate of drug-likeness (QED) is 0.782. The standard InChI is InChI=1S/C12H14N2O/c1-2-9-8-11(13-14-12(9)15)10-6-4-3-5-7-10/h3-7,9H,2,8H2,1H3,(H,14,15)/t9-/m0/s1. The third-order valence-corrected chi connectivity index (χ3v) is 2.71. The van der Waals surface area contributed by atoms with Crippen LogP contribution in [0.5, 0.6) is 0 Å². The Morgan fingerprint density at radius 1 is 1.40 bits per heavy atom. The summed E-state index contributed by atoms with van der Waals surface area (Å²) < 4.78 is 0. The van der Waals surface area contributed by atoms with Crippen LogP contribution >= 0.6 is 0 Å². The monoisotopic (exact) mass is 202 g/mol. The van der Waals surface area contributed by atoms with E-state index in [2.05, 4.69) is 10.5 Å². The fourth-order valence-electron chi connectivity index (χ4n) is 1.73. The smallest absolute Gasteiger partial charge is 0.243 e. The maximum absolute atomic E-state index is 11.4. The van der Waals surface area contributed by atoms with Gasteiger partial charge in [-0.15, -0.1) is 0 Å². The van der Waals surface area contributed by atoms with Crippen LogP contribution < -0.4 is 5.43 Å². The van der Waals surface area contributed by atoms with E-state index in [0.29, 0.717) is 0 Å². The molecule has 1 aliphatic heterocycles. The van der Waals surface area contributed by atoms with E-state index in [4.69, 9.17) is 0 Å². The molecule has 0 unspecified atom stereocenters. The van der Waals surface area contributed by atoms with Crippen molar-refractivity contribution in [2.45, 2.75) is 19.8 Å². The van der Waals surface area contributed by atoms with Crippen LogP contribution in [0.2, 0.25) is 0 Å². The van der Waals surface area contributed by atoms with Crippen molar-refractivity contribution in [1.29, 1.82) is 0 Å². The second kappa shape index (κ2) is 4.26. The van der Waals surface area contributed by atoms with Crippen molar-refractivity contribution in [3.05, 3.63) is 35.9 Å². The largest absolute Gasteiger partial charge is 0.273 e. The number of hydrogen-bond donors (Lipinski definition) is 1. The number of hydrogen-bond acceptors (Lipinski definition) is 2. The summed E-state index contributed by atoms with van der Waals surface area (Å²) in [5.41, 5.74) is 4.65. The number of rotatable bonds is 2. The summed E-state index contributed by atoms with van der Waals surface area (Å²) in [5, 5.41) is 4.10. The summed E-state index contributed by atoms with van der Waals surface area (Å²) >= 11 is 0. The van der Waals surface area contributed by atoms with Crippen LogP contribution in [0.1, 0.15) is 25.3 Å². The Hall–Kier alpha value is -1.64. The lowest BCUT2D eigenvalue weighted by molar-refractivity contribution is -0.125.